The highest BCUT2D eigenvalue weighted by Gasteiger charge is 2.10. The van der Waals surface area contributed by atoms with E-state index in [2.05, 4.69) is 14.5 Å². The predicted molar refractivity (Wildman–Crippen MR) is 83.2 cm³/mol. The van der Waals surface area contributed by atoms with E-state index in [0.717, 1.165) is 30.5 Å². The molecular formula is C16H22N4O. The highest BCUT2D eigenvalue weighted by Crippen LogP contribution is 2.16. The summed E-state index contributed by atoms with van der Waals surface area (Å²) in [5.41, 5.74) is 7.79. The van der Waals surface area contributed by atoms with Crippen LogP contribution < -0.4 is 5.73 Å². The first-order valence-corrected chi connectivity index (χ1v) is 7.71. The van der Waals surface area contributed by atoms with Crippen molar-refractivity contribution in [1.29, 1.82) is 0 Å². The van der Waals surface area contributed by atoms with Crippen LogP contribution in [0.5, 0.6) is 0 Å². The van der Waals surface area contributed by atoms with Crippen molar-refractivity contribution in [2.45, 2.75) is 32.2 Å². The van der Waals surface area contributed by atoms with E-state index >= 15 is 0 Å². The molecule has 1 saturated heterocycles. The molecule has 0 atom stereocenters. The Bertz CT molecular complexity index is 628. The molecule has 1 aromatic heterocycles. The first-order valence-electron chi connectivity index (χ1n) is 7.71. The highest BCUT2D eigenvalue weighted by molar-refractivity contribution is 5.96. The lowest BCUT2D eigenvalue weighted by molar-refractivity contribution is 0.100. The number of nitrogens with zero attached hydrogens (tertiary/aromatic N) is 3. The van der Waals surface area contributed by atoms with Gasteiger partial charge in [-0.05, 0) is 57.1 Å². The van der Waals surface area contributed by atoms with Crippen molar-refractivity contribution < 1.29 is 4.79 Å². The monoisotopic (exact) mass is 286 g/mol. The van der Waals surface area contributed by atoms with Crippen LogP contribution in [0.1, 0.15) is 36.0 Å². The fraction of sp³-hybridized carbons (Fsp3) is 0.500. The zero-order valence-corrected chi connectivity index (χ0v) is 12.3. The standard InChI is InChI=1S/C16H22N4O/c17-16(21)13-5-6-14-15(11-13)20(12-18-14)10-4-9-19-7-2-1-3-8-19/h5-6,11-12H,1-4,7-10H2,(H2,17,21). The van der Waals surface area contributed by atoms with Crippen LogP contribution >= 0.6 is 0 Å². The van der Waals surface area contributed by atoms with Crippen LogP contribution in [0, 0.1) is 0 Å². The summed E-state index contributed by atoms with van der Waals surface area (Å²) in [5.74, 6) is -0.391. The molecule has 5 nitrogen and oxygen atoms in total. The number of carbonyl (C=O) groups excluding carboxylic acids is 1. The molecule has 0 spiro atoms. The number of likely N-dealkylation sites (tertiary alicyclic amines) is 1. The minimum absolute atomic E-state index is 0.391. The molecule has 2 N–H and O–H groups in total. The second-order valence-corrected chi connectivity index (χ2v) is 5.76. The van der Waals surface area contributed by atoms with Crippen LogP contribution in [0.2, 0.25) is 0 Å². The third-order valence-electron chi connectivity index (χ3n) is 4.23. The maximum atomic E-state index is 11.3. The van der Waals surface area contributed by atoms with E-state index in [1.54, 1.807) is 6.07 Å². The quantitative estimate of drug-likeness (QED) is 0.914. The van der Waals surface area contributed by atoms with Gasteiger partial charge in [-0.2, -0.15) is 0 Å². The zero-order valence-electron chi connectivity index (χ0n) is 12.3. The Morgan fingerprint density at radius 1 is 1.19 bits per heavy atom. The molecule has 1 fully saturated rings. The number of carbonyl (C=O) groups is 1. The number of hydrogen-bond acceptors (Lipinski definition) is 3. The molecule has 1 aliphatic rings. The molecular weight excluding hydrogens is 264 g/mol. The fourth-order valence-corrected chi connectivity index (χ4v) is 3.04. The third kappa shape index (κ3) is 3.24. The molecule has 0 bridgehead atoms. The van der Waals surface area contributed by atoms with E-state index in [4.69, 9.17) is 5.73 Å². The number of rotatable bonds is 5. The minimum Gasteiger partial charge on any atom is -0.366 e. The normalized spacial score (nSPS) is 16.4. The number of amides is 1. The number of benzene rings is 1. The molecule has 112 valence electrons. The van der Waals surface area contributed by atoms with Crippen LogP contribution in [-0.2, 0) is 6.54 Å². The Morgan fingerprint density at radius 3 is 2.76 bits per heavy atom. The van der Waals surface area contributed by atoms with Gasteiger partial charge in [-0.25, -0.2) is 4.98 Å². The topological polar surface area (TPSA) is 64.2 Å². The average molecular weight is 286 g/mol. The number of primary amides is 1. The van der Waals surface area contributed by atoms with Gasteiger partial charge >= 0.3 is 0 Å². The fourth-order valence-electron chi connectivity index (χ4n) is 3.04. The van der Waals surface area contributed by atoms with Gasteiger partial charge in [0.2, 0.25) is 5.91 Å². The molecule has 1 amide bonds. The van der Waals surface area contributed by atoms with Crippen molar-refractivity contribution in [2.24, 2.45) is 5.73 Å². The molecule has 1 aliphatic heterocycles. The van der Waals surface area contributed by atoms with Crippen LogP contribution in [-0.4, -0.2) is 40.0 Å². The maximum absolute atomic E-state index is 11.3. The Balaban J connectivity index is 1.65. The van der Waals surface area contributed by atoms with E-state index in [0.29, 0.717) is 5.56 Å². The largest absolute Gasteiger partial charge is 0.366 e. The lowest BCUT2D eigenvalue weighted by atomic mass is 10.1. The Morgan fingerprint density at radius 2 is 2.00 bits per heavy atom. The van der Waals surface area contributed by atoms with Crippen LogP contribution in [0.25, 0.3) is 11.0 Å². The van der Waals surface area contributed by atoms with Gasteiger partial charge in [-0.3, -0.25) is 4.79 Å². The summed E-state index contributed by atoms with van der Waals surface area (Å²) in [6, 6.07) is 5.43. The summed E-state index contributed by atoms with van der Waals surface area (Å²) in [6.45, 7) is 4.53. The molecule has 2 aromatic rings. The molecule has 0 radical (unpaired) electrons. The van der Waals surface area contributed by atoms with Crippen molar-refractivity contribution in [2.75, 3.05) is 19.6 Å². The third-order valence-corrected chi connectivity index (χ3v) is 4.23. The first-order chi connectivity index (χ1) is 10.2. The van der Waals surface area contributed by atoms with Gasteiger partial charge in [0.15, 0.2) is 0 Å². The summed E-state index contributed by atoms with van der Waals surface area (Å²) in [6.07, 6.45) is 6.99. The van der Waals surface area contributed by atoms with Crippen LogP contribution in [0.3, 0.4) is 0 Å². The number of fused-ring (bicyclic) bond motifs is 1. The average Bonchev–Trinajstić information content (AvgIpc) is 2.91. The molecule has 1 aromatic carbocycles. The molecule has 3 rings (SSSR count). The number of imidazole rings is 1. The van der Waals surface area contributed by atoms with Gasteiger partial charge in [-0.15, -0.1) is 0 Å². The van der Waals surface area contributed by atoms with Gasteiger partial charge in [0.1, 0.15) is 0 Å². The van der Waals surface area contributed by atoms with Crippen molar-refractivity contribution in [1.82, 2.24) is 14.5 Å². The number of aryl methyl sites for hydroxylation is 1. The van der Waals surface area contributed by atoms with Crippen LogP contribution in [0.15, 0.2) is 24.5 Å². The lowest BCUT2D eigenvalue weighted by Crippen LogP contribution is -2.31. The molecule has 5 heteroatoms. The first kappa shape index (κ1) is 14.1. The predicted octanol–water partition coefficient (Wildman–Crippen LogP) is 2.01. The van der Waals surface area contributed by atoms with E-state index in [1.807, 2.05) is 18.5 Å². The molecule has 21 heavy (non-hydrogen) atoms. The number of nitrogens with two attached hydrogens (primary N) is 1. The van der Waals surface area contributed by atoms with E-state index in [1.165, 1.54) is 32.4 Å². The van der Waals surface area contributed by atoms with Gasteiger partial charge < -0.3 is 15.2 Å². The van der Waals surface area contributed by atoms with Gasteiger partial charge in [0.25, 0.3) is 0 Å². The van der Waals surface area contributed by atoms with E-state index < -0.39 is 5.91 Å². The van der Waals surface area contributed by atoms with Crippen LogP contribution in [0.4, 0.5) is 0 Å². The molecule has 0 aliphatic carbocycles. The summed E-state index contributed by atoms with van der Waals surface area (Å²) < 4.78 is 2.12. The maximum Gasteiger partial charge on any atom is 0.248 e. The zero-order chi connectivity index (χ0) is 14.7. The number of aromatic nitrogens is 2. The smallest absolute Gasteiger partial charge is 0.248 e. The van der Waals surface area contributed by atoms with E-state index in [9.17, 15) is 4.79 Å². The highest BCUT2D eigenvalue weighted by atomic mass is 16.1. The number of piperidine rings is 1. The molecule has 0 saturated carbocycles. The number of hydrogen-bond donors (Lipinski definition) is 1. The summed E-state index contributed by atoms with van der Waals surface area (Å²) in [7, 11) is 0. The summed E-state index contributed by atoms with van der Waals surface area (Å²) >= 11 is 0. The van der Waals surface area contributed by atoms with Gasteiger partial charge in [0.05, 0.1) is 17.4 Å². The summed E-state index contributed by atoms with van der Waals surface area (Å²) in [5, 5.41) is 0. The van der Waals surface area contributed by atoms with Gasteiger partial charge in [0, 0.05) is 12.1 Å². The van der Waals surface area contributed by atoms with Gasteiger partial charge in [-0.1, -0.05) is 6.42 Å². The minimum atomic E-state index is -0.391. The Labute approximate surface area is 124 Å². The second kappa shape index (κ2) is 6.26. The lowest BCUT2D eigenvalue weighted by Gasteiger charge is -2.26. The molecule has 0 unspecified atom stereocenters. The van der Waals surface area contributed by atoms with Crippen molar-refractivity contribution in [3.63, 3.8) is 0 Å². The summed E-state index contributed by atoms with van der Waals surface area (Å²) in [4.78, 5) is 18.2. The Hall–Kier alpha value is -1.88. The SMILES string of the molecule is NC(=O)c1ccc2ncn(CCCN3CCCCC3)c2c1. The van der Waals surface area contributed by atoms with Crippen molar-refractivity contribution in [3.05, 3.63) is 30.1 Å². The Kier molecular flexibility index (Phi) is 4.20. The van der Waals surface area contributed by atoms with E-state index in [-0.39, 0.29) is 0 Å². The second-order valence-electron chi connectivity index (χ2n) is 5.76. The molecule has 2 heterocycles. The van der Waals surface area contributed by atoms with Crippen molar-refractivity contribution >= 4 is 16.9 Å². The van der Waals surface area contributed by atoms with Crippen molar-refractivity contribution in [3.8, 4) is 0 Å².